The molecule has 0 aliphatic carbocycles. The van der Waals surface area contributed by atoms with Crippen molar-refractivity contribution in [1.82, 2.24) is 30.4 Å². The zero-order chi connectivity index (χ0) is 17.6. The van der Waals surface area contributed by atoms with Crippen LogP contribution in [0.15, 0.2) is 30.6 Å². The number of hydrogen-bond donors (Lipinski definition) is 1. The second-order valence-electron chi connectivity index (χ2n) is 6.50. The van der Waals surface area contributed by atoms with Gasteiger partial charge in [0.1, 0.15) is 12.9 Å². The zero-order valence-corrected chi connectivity index (χ0v) is 14.6. The van der Waals surface area contributed by atoms with E-state index >= 15 is 0 Å². The van der Waals surface area contributed by atoms with Crippen LogP contribution in [-0.4, -0.2) is 56.3 Å². The highest BCUT2D eigenvalue weighted by Crippen LogP contribution is 2.17. The Morgan fingerprint density at radius 3 is 2.64 bits per heavy atom. The fourth-order valence-electron chi connectivity index (χ4n) is 3.19. The minimum atomic E-state index is -0.115. The van der Waals surface area contributed by atoms with Crippen molar-refractivity contribution in [3.8, 4) is 0 Å². The van der Waals surface area contributed by atoms with E-state index in [0.29, 0.717) is 6.54 Å². The van der Waals surface area contributed by atoms with Gasteiger partial charge in [0.25, 0.3) is 0 Å². The average molecular weight is 344 g/mol. The molecule has 0 unspecified atom stereocenters. The van der Waals surface area contributed by atoms with Gasteiger partial charge >= 0.3 is 0 Å². The molecular weight excluding hydrogens is 320 g/mol. The maximum absolute atomic E-state index is 12.0. The van der Waals surface area contributed by atoms with E-state index in [-0.39, 0.29) is 24.7 Å². The van der Waals surface area contributed by atoms with Gasteiger partial charge in [-0.15, -0.1) is 5.10 Å². The molecule has 1 saturated heterocycles. The summed E-state index contributed by atoms with van der Waals surface area (Å²) in [5.41, 5.74) is 2.35. The molecule has 1 aliphatic rings. The third-order valence-electron chi connectivity index (χ3n) is 4.18. The Labute approximate surface area is 147 Å². The van der Waals surface area contributed by atoms with E-state index in [2.05, 4.69) is 51.7 Å². The highest BCUT2D eigenvalue weighted by Gasteiger charge is 2.22. The Morgan fingerprint density at radius 2 is 1.96 bits per heavy atom. The summed E-state index contributed by atoms with van der Waals surface area (Å²) in [6.45, 7) is 7.52. The Balaban J connectivity index is 1.58. The van der Waals surface area contributed by atoms with Gasteiger partial charge in [-0.25, -0.2) is 4.68 Å². The topological polar surface area (TPSA) is 85.2 Å². The van der Waals surface area contributed by atoms with Crippen LogP contribution in [0.1, 0.15) is 25.0 Å². The van der Waals surface area contributed by atoms with Gasteiger partial charge in [0.15, 0.2) is 0 Å². The minimum Gasteiger partial charge on any atom is -0.373 e. The summed E-state index contributed by atoms with van der Waals surface area (Å²) in [4.78, 5) is 14.4. The molecule has 1 aliphatic heterocycles. The van der Waals surface area contributed by atoms with Gasteiger partial charge in [-0.3, -0.25) is 9.69 Å². The molecule has 1 aromatic heterocycles. The molecule has 2 aromatic rings. The van der Waals surface area contributed by atoms with Crippen molar-refractivity contribution in [2.45, 2.75) is 45.7 Å². The molecule has 25 heavy (non-hydrogen) atoms. The molecule has 1 fully saturated rings. The Kier molecular flexibility index (Phi) is 5.72. The molecule has 8 nitrogen and oxygen atoms in total. The van der Waals surface area contributed by atoms with Crippen molar-refractivity contribution >= 4 is 5.91 Å². The van der Waals surface area contributed by atoms with E-state index in [4.69, 9.17) is 4.74 Å². The molecule has 0 bridgehead atoms. The first-order chi connectivity index (χ1) is 12.1. The van der Waals surface area contributed by atoms with Crippen molar-refractivity contribution in [2.24, 2.45) is 0 Å². The second-order valence-corrected chi connectivity index (χ2v) is 6.50. The molecule has 0 saturated carbocycles. The summed E-state index contributed by atoms with van der Waals surface area (Å²) in [7, 11) is 0. The Hall–Kier alpha value is -2.32. The third kappa shape index (κ3) is 5.07. The molecule has 134 valence electrons. The van der Waals surface area contributed by atoms with Crippen molar-refractivity contribution in [3.05, 3.63) is 41.7 Å². The van der Waals surface area contributed by atoms with Crippen LogP contribution in [0.4, 0.5) is 0 Å². The summed E-state index contributed by atoms with van der Waals surface area (Å²) in [5.74, 6) is -0.115. The summed E-state index contributed by atoms with van der Waals surface area (Å²) in [6.07, 6.45) is 1.91. The number of rotatable bonds is 6. The molecule has 8 heteroatoms. The number of amides is 1. The molecule has 3 rings (SSSR count). The van der Waals surface area contributed by atoms with Crippen LogP contribution in [0.25, 0.3) is 0 Å². The lowest BCUT2D eigenvalue weighted by molar-refractivity contribution is -0.122. The normalized spacial score (nSPS) is 21.2. The van der Waals surface area contributed by atoms with E-state index in [1.165, 1.54) is 16.6 Å². The predicted octanol–water partition coefficient (Wildman–Crippen LogP) is 0.599. The fraction of sp³-hybridized carbons (Fsp3) is 0.529. The number of aromatic nitrogens is 4. The first-order valence-corrected chi connectivity index (χ1v) is 8.52. The maximum atomic E-state index is 12.0. The maximum Gasteiger partial charge on any atom is 0.242 e. The van der Waals surface area contributed by atoms with Gasteiger partial charge < -0.3 is 10.1 Å². The number of morpholine rings is 1. The summed E-state index contributed by atoms with van der Waals surface area (Å²) in [6, 6.07) is 8.21. The highest BCUT2D eigenvalue weighted by molar-refractivity contribution is 5.75. The number of carbonyl (C=O) groups is 1. The summed E-state index contributed by atoms with van der Waals surface area (Å²) in [5, 5.41) is 13.7. The van der Waals surface area contributed by atoms with Gasteiger partial charge in [0.05, 0.1) is 12.2 Å². The molecule has 1 amide bonds. The van der Waals surface area contributed by atoms with Gasteiger partial charge in [-0.05, 0) is 35.4 Å². The number of benzene rings is 1. The van der Waals surface area contributed by atoms with Gasteiger partial charge in [0, 0.05) is 26.2 Å². The van der Waals surface area contributed by atoms with Crippen LogP contribution < -0.4 is 5.32 Å². The molecule has 1 aromatic carbocycles. The largest absolute Gasteiger partial charge is 0.373 e. The van der Waals surface area contributed by atoms with Gasteiger partial charge in [-0.2, -0.15) is 0 Å². The number of nitrogens with one attached hydrogen (secondary N) is 1. The molecule has 1 N–H and O–H groups in total. The number of carbonyl (C=O) groups excluding carboxylic acids is 1. The van der Waals surface area contributed by atoms with Gasteiger partial charge in [0.2, 0.25) is 5.91 Å². The monoisotopic (exact) mass is 344 g/mol. The lowest BCUT2D eigenvalue weighted by Crippen LogP contribution is -2.45. The van der Waals surface area contributed by atoms with Crippen molar-refractivity contribution < 1.29 is 9.53 Å². The van der Waals surface area contributed by atoms with Crippen LogP contribution in [0.3, 0.4) is 0 Å². The highest BCUT2D eigenvalue weighted by atomic mass is 16.5. The first-order valence-electron chi connectivity index (χ1n) is 8.52. The SMILES string of the molecule is C[C@@H]1CN(Cc2ccccc2CNC(=O)Cn2cnnn2)C[C@@H](C)O1. The van der Waals surface area contributed by atoms with Crippen LogP contribution in [0.2, 0.25) is 0 Å². The minimum absolute atomic E-state index is 0.115. The molecule has 2 atom stereocenters. The Morgan fingerprint density at radius 1 is 1.24 bits per heavy atom. The lowest BCUT2D eigenvalue weighted by atomic mass is 10.1. The number of hydrogen-bond acceptors (Lipinski definition) is 6. The fourth-order valence-corrected chi connectivity index (χ4v) is 3.19. The Bertz CT molecular complexity index is 680. The molecular formula is C17H24N6O2. The number of ether oxygens (including phenoxy) is 1. The van der Waals surface area contributed by atoms with Crippen LogP contribution >= 0.6 is 0 Å². The van der Waals surface area contributed by atoms with Crippen LogP contribution in [0, 0.1) is 0 Å². The van der Waals surface area contributed by atoms with E-state index in [1.54, 1.807) is 0 Å². The molecule has 0 spiro atoms. The summed E-state index contributed by atoms with van der Waals surface area (Å²) < 4.78 is 7.20. The van der Waals surface area contributed by atoms with E-state index in [0.717, 1.165) is 25.2 Å². The van der Waals surface area contributed by atoms with E-state index in [9.17, 15) is 4.79 Å². The third-order valence-corrected chi connectivity index (χ3v) is 4.18. The van der Waals surface area contributed by atoms with Crippen molar-refractivity contribution in [1.29, 1.82) is 0 Å². The number of nitrogens with zero attached hydrogens (tertiary/aromatic N) is 5. The predicted molar refractivity (Wildman–Crippen MR) is 91.4 cm³/mol. The van der Waals surface area contributed by atoms with Crippen molar-refractivity contribution in [3.63, 3.8) is 0 Å². The van der Waals surface area contributed by atoms with Crippen LogP contribution in [0.5, 0.6) is 0 Å². The zero-order valence-electron chi connectivity index (χ0n) is 14.6. The van der Waals surface area contributed by atoms with Crippen molar-refractivity contribution in [2.75, 3.05) is 13.1 Å². The quantitative estimate of drug-likeness (QED) is 0.826. The van der Waals surface area contributed by atoms with Gasteiger partial charge in [-0.1, -0.05) is 24.3 Å². The standard InChI is InChI=1S/C17H24N6O2/c1-13-8-22(9-14(2)25-13)10-16-6-4-3-5-15(16)7-18-17(24)11-23-12-19-20-21-23/h3-6,12-14H,7-11H2,1-2H3,(H,18,24)/t13-,14-/m1/s1. The van der Waals surface area contributed by atoms with Crippen LogP contribution in [-0.2, 0) is 29.2 Å². The van der Waals surface area contributed by atoms with E-state index in [1.807, 2.05) is 12.1 Å². The first kappa shape index (κ1) is 17.5. The second kappa shape index (κ2) is 8.17. The number of tetrazole rings is 1. The van der Waals surface area contributed by atoms with E-state index < -0.39 is 0 Å². The lowest BCUT2D eigenvalue weighted by Gasteiger charge is -2.35. The molecule has 2 heterocycles. The smallest absolute Gasteiger partial charge is 0.242 e. The summed E-state index contributed by atoms with van der Waals surface area (Å²) >= 11 is 0. The average Bonchev–Trinajstić information content (AvgIpc) is 3.06. The molecule has 0 radical (unpaired) electrons.